The van der Waals surface area contributed by atoms with Gasteiger partial charge in [0.05, 0.1) is 17.1 Å². The average Bonchev–Trinajstić information content (AvgIpc) is 2.72. The molecule has 0 atom stereocenters. The van der Waals surface area contributed by atoms with E-state index >= 15 is 0 Å². The van der Waals surface area contributed by atoms with Crippen molar-refractivity contribution >= 4 is 16.9 Å². The molecule has 0 fully saturated rings. The van der Waals surface area contributed by atoms with Crippen LogP contribution in [0.5, 0.6) is 0 Å². The Hall–Kier alpha value is -1.84. The van der Waals surface area contributed by atoms with E-state index in [2.05, 4.69) is 5.10 Å². The fourth-order valence-electron chi connectivity index (χ4n) is 1.98. The molecular weight excluding hydrogens is 228 g/mol. The zero-order valence-electron chi connectivity index (χ0n) is 10.8. The Balaban J connectivity index is 2.01. The summed E-state index contributed by atoms with van der Waals surface area (Å²) < 4.78 is 1.94. The third-order valence-corrected chi connectivity index (χ3v) is 3.30. The first kappa shape index (κ1) is 12.6. The van der Waals surface area contributed by atoms with Gasteiger partial charge in [-0.1, -0.05) is 18.2 Å². The van der Waals surface area contributed by atoms with Crippen molar-refractivity contribution in [2.24, 2.45) is 5.41 Å². The average molecular weight is 246 g/mol. The first-order valence-corrected chi connectivity index (χ1v) is 6.15. The Labute approximate surface area is 106 Å². The second-order valence-electron chi connectivity index (χ2n) is 5.22. The maximum Gasteiger partial charge on any atom is 0.309 e. The summed E-state index contributed by atoms with van der Waals surface area (Å²) in [5.74, 6) is -0.743. The number of rotatable bonds is 5. The summed E-state index contributed by atoms with van der Waals surface area (Å²) in [6, 6.07) is 8.04. The number of aliphatic carboxylic acids is 1. The van der Waals surface area contributed by atoms with E-state index in [0.29, 0.717) is 6.42 Å². The second-order valence-corrected chi connectivity index (χ2v) is 5.22. The van der Waals surface area contributed by atoms with Crippen LogP contribution in [0.3, 0.4) is 0 Å². The van der Waals surface area contributed by atoms with Crippen molar-refractivity contribution < 1.29 is 9.90 Å². The molecule has 1 N–H and O–H groups in total. The maximum atomic E-state index is 11.0. The molecule has 0 amide bonds. The zero-order valence-corrected chi connectivity index (χ0v) is 10.8. The Morgan fingerprint density at radius 1 is 1.39 bits per heavy atom. The van der Waals surface area contributed by atoms with Crippen molar-refractivity contribution in [1.82, 2.24) is 9.78 Å². The smallest absolute Gasteiger partial charge is 0.309 e. The molecule has 0 aliphatic heterocycles. The molecule has 0 saturated heterocycles. The number of fused-ring (bicyclic) bond motifs is 1. The first-order chi connectivity index (χ1) is 8.50. The molecule has 4 heteroatoms. The Morgan fingerprint density at radius 2 is 2.11 bits per heavy atom. The van der Waals surface area contributed by atoms with E-state index in [1.807, 2.05) is 35.1 Å². The number of hydrogen-bond acceptors (Lipinski definition) is 2. The summed E-state index contributed by atoms with van der Waals surface area (Å²) in [4.78, 5) is 11.0. The van der Waals surface area contributed by atoms with Crippen molar-refractivity contribution in [2.45, 2.75) is 33.2 Å². The quantitative estimate of drug-likeness (QED) is 0.882. The molecule has 0 unspecified atom stereocenters. The van der Waals surface area contributed by atoms with Gasteiger partial charge in [0.2, 0.25) is 0 Å². The first-order valence-electron chi connectivity index (χ1n) is 6.15. The van der Waals surface area contributed by atoms with E-state index < -0.39 is 11.4 Å². The molecule has 4 nitrogen and oxygen atoms in total. The highest BCUT2D eigenvalue weighted by Crippen LogP contribution is 2.23. The van der Waals surface area contributed by atoms with E-state index in [-0.39, 0.29) is 0 Å². The molecule has 1 aromatic carbocycles. The molecule has 0 aliphatic rings. The largest absolute Gasteiger partial charge is 0.481 e. The highest BCUT2D eigenvalue weighted by Gasteiger charge is 2.26. The molecule has 0 aliphatic carbocycles. The van der Waals surface area contributed by atoms with Crippen LogP contribution in [-0.2, 0) is 11.3 Å². The summed E-state index contributed by atoms with van der Waals surface area (Å²) in [7, 11) is 0. The lowest BCUT2D eigenvalue weighted by molar-refractivity contribution is -0.147. The van der Waals surface area contributed by atoms with Gasteiger partial charge in [-0.2, -0.15) is 5.10 Å². The minimum atomic E-state index is -0.743. The lowest BCUT2D eigenvalue weighted by atomic mass is 9.88. The molecule has 0 spiro atoms. The molecular formula is C14H18N2O2. The van der Waals surface area contributed by atoms with Gasteiger partial charge in [0.15, 0.2) is 0 Å². The summed E-state index contributed by atoms with van der Waals surface area (Å²) >= 11 is 0. The van der Waals surface area contributed by atoms with Crippen LogP contribution < -0.4 is 0 Å². The molecule has 96 valence electrons. The van der Waals surface area contributed by atoms with E-state index in [1.54, 1.807) is 13.8 Å². The minimum absolute atomic E-state index is 0.649. The number of aromatic nitrogens is 2. The van der Waals surface area contributed by atoms with E-state index in [4.69, 9.17) is 5.11 Å². The Morgan fingerprint density at radius 3 is 2.83 bits per heavy atom. The number of para-hydroxylation sites is 1. The van der Waals surface area contributed by atoms with Crippen LogP contribution in [0.25, 0.3) is 10.9 Å². The van der Waals surface area contributed by atoms with Crippen molar-refractivity contribution in [3.05, 3.63) is 30.5 Å². The van der Waals surface area contributed by atoms with Gasteiger partial charge in [-0.3, -0.25) is 9.48 Å². The molecule has 0 saturated carbocycles. The molecule has 0 bridgehead atoms. The summed E-state index contributed by atoms with van der Waals surface area (Å²) in [5.41, 5.74) is 0.439. The van der Waals surface area contributed by atoms with Crippen molar-refractivity contribution in [3.8, 4) is 0 Å². The number of nitrogens with zero attached hydrogens (tertiary/aromatic N) is 2. The normalized spacial score (nSPS) is 11.9. The van der Waals surface area contributed by atoms with Gasteiger partial charge >= 0.3 is 5.97 Å². The standard InChI is InChI=1S/C14H18N2O2/c1-14(2,13(17)18)8-5-9-16-12-7-4-3-6-11(12)10-15-16/h3-4,6-7,10H,5,8-9H2,1-2H3,(H,17,18). The fourth-order valence-corrected chi connectivity index (χ4v) is 1.98. The van der Waals surface area contributed by atoms with Crippen LogP contribution in [-0.4, -0.2) is 20.9 Å². The number of benzene rings is 1. The molecule has 1 heterocycles. The third-order valence-electron chi connectivity index (χ3n) is 3.30. The van der Waals surface area contributed by atoms with E-state index in [0.717, 1.165) is 23.9 Å². The van der Waals surface area contributed by atoms with Gasteiger partial charge in [0.25, 0.3) is 0 Å². The van der Waals surface area contributed by atoms with Gasteiger partial charge in [-0.15, -0.1) is 0 Å². The SMILES string of the molecule is CC(C)(CCCn1ncc2ccccc21)C(=O)O. The topological polar surface area (TPSA) is 55.1 Å². The van der Waals surface area contributed by atoms with Crippen molar-refractivity contribution in [3.63, 3.8) is 0 Å². The number of carboxylic acid groups (broad SMARTS) is 1. The lowest BCUT2D eigenvalue weighted by Gasteiger charge is -2.18. The molecule has 2 rings (SSSR count). The van der Waals surface area contributed by atoms with Gasteiger partial charge in [0.1, 0.15) is 0 Å². The number of hydrogen-bond donors (Lipinski definition) is 1. The third kappa shape index (κ3) is 2.53. The number of carbonyl (C=O) groups is 1. The maximum absolute atomic E-state index is 11.0. The van der Waals surface area contributed by atoms with Gasteiger partial charge in [0, 0.05) is 11.9 Å². The van der Waals surface area contributed by atoms with Crippen LogP contribution in [0.2, 0.25) is 0 Å². The van der Waals surface area contributed by atoms with E-state index in [1.165, 1.54) is 0 Å². The summed E-state index contributed by atoms with van der Waals surface area (Å²) in [6.45, 7) is 4.28. The van der Waals surface area contributed by atoms with Crippen LogP contribution in [0.1, 0.15) is 26.7 Å². The summed E-state index contributed by atoms with van der Waals surface area (Å²) in [5, 5.41) is 14.5. The predicted molar refractivity (Wildman–Crippen MR) is 70.4 cm³/mol. The van der Waals surface area contributed by atoms with Gasteiger partial charge in [-0.25, -0.2) is 0 Å². The number of carboxylic acids is 1. The van der Waals surface area contributed by atoms with Crippen molar-refractivity contribution in [1.29, 1.82) is 0 Å². The molecule has 1 aromatic heterocycles. The van der Waals surface area contributed by atoms with Gasteiger partial charge < -0.3 is 5.11 Å². The molecule has 2 aromatic rings. The van der Waals surface area contributed by atoms with Gasteiger partial charge in [-0.05, 0) is 32.8 Å². The molecule has 0 radical (unpaired) electrons. The van der Waals surface area contributed by atoms with Crippen molar-refractivity contribution in [2.75, 3.05) is 0 Å². The Bertz CT molecular complexity index is 558. The van der Waals surface area contributed by atoms with Crippen LogP contribution >= 0.6 is 0 Å². The highest BCUT2D eigenvalue weighted by molar-refractivity contribution is 5.78. The Kier molecular flexibility index (Phi) is 3.36. The van der Waals surface area contributed by atoms with E-state index in [9.17, 15) is 4.79 Å². The molecule has 18 heavy (non-hydrogen) atoms. The second kappa shape index (κ2) is 4.80. The highest BCUT2D eigenvalue weighted by atomic mass is 16.4. The van der Waals surface area contributed by atoms with Crippen LogP contribution in [0.15, 0.2) is 30.5 Å². The predicted octanol–water partition coefficient (Wildman–Crippen LogP) is 2.93. The van der Waals surface area contributed by atoms with Crippen LogP contribution in [0, 0.1) is 5.41 Å². The van der Waals surface area contributed by atoms with Crippen LogP contribution in [0.4, 0.5) is 0 Å². The zero-order chi connectivity index (χ0) is 13.2. The lowest BCUT2D eigenvalue weighted by Crippen LogP contribution is -2.23. The number of aryl methyl sites for hydroxylation is 1. The minimum Gasteiger partial charge on any atom is -0.481 e. The summed E-state index contributed by atoms with van der Waals surface area (Å²) in [6.07, 6.45) is 3.30. The fraction of sp³-hybridized carbons (Fsp3) is 0.429. The monoisotopic (exact) mass is 246 g/mol.